The van der Waals surface area contributed by atoms with Crippen LogP contribution in [-0.4, -0.2) is 79.0 Å². The smallest absolute Gasteiger partial charge is 0.413 e. The van der Waals surface area contributed by atoms with E-state index in [4.69, 9.17) is 19.2 Å². The molecule has 7 rings (SSSR count). The Labute approximate surface area is 225 Å². The summed E-state index contributed by atoms with van der Waals surface area (Å²) in [5, 5.41) is 42.8. The van der Waals surface area contributed by atoms with Crippen molar-refractivity contribution < 1.29 is 44.5 Å². The molecule has 0 aromatic carbocycles. The fourth-order valence-electron chi connectivity index (χ4n) is 7.59. The van der Waals surface area contributed by atoms with Gasteiger partial charge in [-0.15, -0.1) is 0 Å². The second kappa shape index (κ2) is 10.7. The van der Waals surface area contributed by atoms with E-state index in [-0.39, 0.29) is 18.3 Å². The predicted octanol–water partition coefficient (Wildman–Crippen LogP) is 0.807. The minimum Gasteiger partial charge on any atom is -0.446 e. The van der Waals surface area contributed by atoms with E-state index in [1.54, 1.807) is 0 Å². The maximum Gasteiger partial charge on any atom is 0.413 e. The number of rotatable bonds is 7. The Morgan fingerprint density at radius 3 is 2.51 bits per heavy atom. The van der Waals surface area contributed by atoms with Crippen molar-refractivity contribution in [1.82, 2.24) is 9.55 Å². The highest BCUT2D eigenvalue weighted by atomic mass is 17.2. The Morgan fingerprint density at radius 1 is 1.15 bits per heavy atom. The number of aliphatic hydroxyl groups excluding tert-OH is 3. The van der Waals surface area contributed by atoms with Crippen molar-refractivity contribution in [3.63, 3.8) is 0 Å². The highest BCUT2D eigenvalue weighted by molar-refractivity contribution is 5.83. The van der Waals surface area contributed by atoms with Crippen LogP contribution < -0.4 is 11.0 Å². The van der Waals surface area contributed by atoms with Gasteiger partial charge in [0.25, 0.3) is 0 Å². The number of carbonyl (C=O) groups excluding carboxylic acids is 1. The van der Waals surface area contributed by atoms with E-state index in [2.05, 4.69) is 10.3 Å². The minimum atomic E-state index is -1.55. The first-order valence-electron chi connectivity index (χ1n) is 14.0. The van der Waals surface area contributed by atoms with E-state index in [1.807, 2.05) is 0 Å². The molecule has 1 amide bonds. The number of hydrogen-bond acceptors (Lipinski definition) is 11. The van der Waals surface area contributed by atoms with Gasteiger partial charge in [-0.1, -0.05) is 0 Å². The van der Waals surface area contributed by atoms with Gasteiger partial charge < -0.3 is 29.9 Å². The molecule has 1 aliphatic heterocycles. The topological polar surface area (TPSA) is 182 Å². The molecule has 4 bridgehead atoms. The van der Waals surface area contributed by atoms with Gasteiger partial charge >= 0.3 is 11.8 Å². The Morgan fingerprint density at radius 2 is 1.87 bits per heavy atom. The van der Waals surface area contributed by atoms with E-state index >= 15 is 0 Å². The number of amides is 1. The lowest BCUT2D eigenvalue weighted by Crippen LogP contribution is -2.51. The Balaban J connectivity index is 1.01. The van der Waals surface area contributed by atoms with Crippen LogP contribution in [0.3, 0.4) is 0 Å². The van der Waals surface area contributed by atoms with Crippen LogP contribution in [0.15, 0.2) is 17.1 Å². The van der Waals surface area contributed by atoms with E-state index in [9.17, 15) is 30.0 Å². The molecule has 5 saturated carbocycles. The zero-order chi connectivity index (χ0) is 27.3. The highest BCUT2D eigenvalue weighted by Crippen LogP contribution is 2.55. The first kappa shape index (κ1) is 27.1. The van der Waals surface area contributed by atoms with Crippen molar-refractivity contribution in [2.75, 3.05) is 11.9 Å². The van der Waals surface area contributed by atoms with Gasteiger partial charge in [-0.25, -0.2) is 19.4 Å². The number of anilines is 1. The molecule has 6 aliphatic rings. The summed E-state index contributed by atoms with van der Waals surface area (Å²) in [6.07, 6.45) is 2.29. The van der Waals surface area contributed by atoms with Gasteiger partial charge in [0, 0.05) is 19.0 Å². The van der Waals surface area contributed by atoms with Gasteiger partial charge in [0.15, 0.2) is 6.23 Å². The Kier molecular flexibility index (Phi) is 7.42. The minimum absolute atomic E-state index is 0.00755. The Hall–Kier alpha value is -2.13. The van der Waals surface area contributed by atoms with E-state index < -0.39 is 54.8 Å². The predicted molar refractivity (Wildman–Crippen MR) is 132 cm³/mol. The third-order valence-corrected chi connectivity index (χ3v) is 9.22. The molecule has 2 heterocycles. The summed E-state index contributed by atoms with van der Waals surface area (Å²) in [5.74, 6) is 0.948. The lowest BCUT2D eigenvalue weighted by Gasteiger charge is -2.53. The van der Waals surface area contributed by atoms with Crippen LogP contribution in [0.1, 0.15) is 64.0 Å². The van der Waals surface area contributed by atoms with Gasteiger partial charge in [0.2, 0.25) is 5.79 Å². The van der Waals surface area contributed by atoms with Crippen LogP contribution in [0.2, 0.25) is 0 Å². The molecule has 6 atom stereocenters. The van der Waals surface area contributed by atoms with Crippen molar-refractivity contribution in [3.05, 3.63) is 22.7 Å². The highest BCUT2D eigenvalue weighted by Gasteiger charge is 2.50. The molecule has 1 unspecified atom stereocenters. The summed E-state index contributed by atoms with van der Waals surface area (Å²) in [6.45, 7) is -0.529. The number of nitrogens with zero attached hydrogens (tertiary/aromatic N) is 2. The fourth-order valence-corrected chi connectivity index (χ4v) is 7.59. The van der Waals surface area contributed by atoms with Crippen LogP contribution in [0.25, 0.3) is 0 Å². The molecule has 0 spiro atoms. The maximum absolute atomic E-state index is 12.5. The molecule has 6 fully saturated rings. The summed E-state index contributed by atoms with van der Waals surface area (Å²) in [6, 6.07) is 1.32. The van der Waals surface area contributed by atoms with Crippen molar-refractivity contribution in [2.45, 2.75) is 100 Å². The molecule has 1 aromatic heterocycles. The summed E-state index contributed by atoms with van der Waals surface area (Å²) in [7, 11) is 0. The van der Waals surface area contributed by atoms with Crippen LogP contribution in [0.5, 0.6) is 0 Å². The second-order valence-electron chi connectivity index (χ2n) is 12.0. The molecular formula is C26H37N3O10. The molecule has 13 nitrogen and oxygen atoms in total. The summed E-state index contributed by atoms with van der Waals surface area (Å²) in [5.41, 5.74) is -0.843. The van der Waals surface area contributed by atoms with Gasteiger partial charge in [0.05, 0.1) is 12.7 Å². The number of ether oxygens (including phenoxy) is 2. The number of nitrogens with one attached hydrogen (secondary N) is 1. The molecule has 0 radical (unpaired) electrons. The summed E-state index contributed by atoms with van der Waals surface area (Å²) >= 11 is 0. The fraction of sp³-hybridized carbons (Fsp3) is 0.808. The summed E-state index contributed by atoms with van der Waals surface area (Å²) < 4.78 is 11.8. The maximum atomic E-state index is 12.5. The van der Waals surface area contributed by atoms with Crippen LogP contribution >= 0.6 is 0 Å². The lowest BCUT2D eigenvalue weighted by molar-refractivity contribution is -0.461. The molecule has 1 saturated heterocycles. The van der Waals surface area contributed by atoms with E-state index in [1.165, 1.54) is 44.4 Å². The number of carbonyl (C=O) groups is 1. The van der Waals surface area contributed by atoms with E-state index in [0.29, 0.717) is 31.1 Å². The molecule has 39 heavy (non-hydrogen) atoms. The first-order chi connectivity index (χ1) is 18.7. The number of aromatic nitrogens is 2. The number of hydrogen-bond donors (Lipinski definition) is 5. The van der Waals surface area contributed by atoms with Gasteiger partial charge in [-0.3, -0.25) is 9.88 Å². The van der Waals surface area contributed by atoms with Crippen LogP contribution in [-0.2, 0) is 19.2 Å². The lowest BCUT2D eigenvalue weighted by atomic mass is 9.55. The van der Waals surface area contributed by atoms with Gasteiger partial charge in [-0.2, -0.15) is 4.98 Å². The normalized spacial score (nSPS) is 43.0. The molecule has 216 valence electrons. The Bertz CT molecular complexity index is 1090. The quantitative estimate of drug-likeness (QED) is 0.184. The molecule has 5 N–H and O–H groups in total. The third-order valence-electron chi connectivity index (χ3n) is 9.22. The average Bonchev–Trinajstić information content (AvgIpc) is 3.16. The molecule has 5 aliphatic carbocycles. The van der Waals surface area contributed by atoms with Crippen molar-refractivity contribution >= 4 is 11.9 Å². The average molecular weight is 552 g/mol. The standard InChI is InChI=1S/C26H37N3O10/c30-12-18-20(31)21(32)23(37-18)29-5-3-19(27-24(29)33)28-25(34)36-17-2-1-4-26(35,11-17)39-38-22-15-7-13-6-14(9-15)10-16(22)8-13/h3,5,13-18,20-23,30-32,35H,1-2,4,6-12H2,(H,27,28,33,34)/t13?,14?,15?,16?,17?,18-,20-,21+,22?,23-,26-/m1/s1. The van der Waals surface area contributed by atoms with Gasteiger partial charge in [0.1, 0.15) is 30.2 Å². The first-order valence-corrected chi connectivity index (χ1v) is 14.0. The van der Waals surface area contributed by atoms with Crippen LogP contribution in [0, 0.1) is 23.7 Å². The second-order valence-corrected chi connectivity index (χ2v) is 12.0. The largest absolute Gasteiger partial charge is 0.446 e. The summed E-state index contributed by atoms with van der Waals surface area (Å²) in [4.78, 5) is 40.3. The zero-order valence-corrected chi connectivity index (χ0v) is 21.6. The molecular weight excluding hydrogens is 514 g/mol. The van der Waals surface area contributed by atoms with Crippen molar-refractivity contribution in [2.24, 2.45) is 23.7 Å². The van der Waals surface area contributed by atoms with Crippen molar-refractivity contribution in [3.8, 4) is 0 Å². The SMILES string of the molecule is O=C(Nc1ccn([C@@H]2O[C@H](CO)[C@@H](O)[C@@H]2O)c(=O)n1)OC1CCC[C@@](O)(OOC2C3CC4CC(C3)CC2C4)C1. The van der Waals surface area contributed by atoms with Crippen LogP contribution in [0.4, 0.5) is 10.6 Å². The van der Waals surface area contributed by atoms with E-state index in [0.717, 1.165) is 16.4 Å². The van der Waals surface area contributed by atoms with Gasteiger partial charge in [-0.05, 0) is 74.7 Å². The number of aliphatic hydroxyl groups is 4. The third kappa shape index (κ3) is 5.45. The zero-order valence-electron chi connectivity index (χ0n) is 21.6. The monoisotopic (exact) mass is 551 g/mol. The van der Waals surface area contributed by atoms with Crippen molar-refractivity contribution in [1.29, 1.82) is 0 Å². The molecule has 1 aromatic rings. The molecule has 13 heteroatoms.